The predicted octanol–water partition coefficient (Wildman–Crippen LogP) is 2.32. The molecule has 1 aromatic carbocycles. The maximum absolute atomic E-state index is 10.7. The summed E-state index contributed by atoms with van der Waals surface area (Å²) >= 11 is 1.62. The highest BCUT2D eigenvalue weighted by atomic mass is 32.1. The molecule has 5 rings (SSSR count). The second-order valence-corrected chi connectivity index (χ2v) is 7.67. The molecule has 1 aliphatic heterocycles. The van der Waals surface area contributed by atoms with Crippen molar-refractivity contribution in [1.29, 1.82) is 0 Å². The van der Waals surface area contributed by atoms with Crippen LogP contribution in [0.15, 0.2) is 30.5 Å². The summed E-state index contributed by atoms with van der Waals surface area (Å²) in [6.45, 7) is 3.44. The Bertz CT molecular complexity index is 1150. The van der Waals surface area contributed by atoms with Crippen LogP contribution in [0, 0.1) is 0 Å². The van der Waals surface area contributed by atoms with E-state index in [2.05, 4.69) is 20.4 Å². The van der Waals surface area contributed by atoms with Crippen LogP contribution in [-0.2, 0) is 16.1 Å². The molecule has 3 aromatic heterocycles. The Morgan fingerprint density at radius 1 is 1.29 bits per heavy atom. The van der Waals surface area contributed by atoms with Crippen LogP contribution in [0.2, 0.25) is 0 Å². The van der Waals surface area contributed by atoms with Crippen molar-refractivity contribution in [2.24, 2.45) is 0 Å². The van der Waals surface area contributed by atoms with E-state index in [-0.39, 0.29) is 0 Å². The maximum Gasteiger partial charge on any atom is 0.207 e. The summed E-state index contributed by atoms with van der Waals surface area (Å²) in [5, 5.41) is 10.9. The predicted molar refractivity (Wildman–Crippen MR) is 108 cm³/mol. The fourth-order valence-corrected chi connectivity index (χ4v) is 4.53. The molecule has 1 amide bonds. The number of benzene rings is 1. The van der Waals surface area contributed by atoms with Crippen LogP contribution in [0.3, 0.4) is 0 Å². The van der Waals surface area contributed by atoms with Crippen LogP contribution >= 0.6 is 11.3 Å². The molecule has 1 fully saturated rings. The molecular formula is C19H18N6O2S. The number of nitrogens with one attached hydrogen (secondary N) is 2. The molecule has 142 valence electrons. The minimum absolute atomic E-state index is 0.486. The van der Waals surface area contributed by atoms with Gasteiger partial charge in [0.1, 0.15) is 0 Å². The van der Waals surface area contributed by atoms with Gasteiger partial charge in [0, 0.05) is 28.9 Å². The van der Waals surface area contributed by atoms with Gasteiger partial charge in [-0.15, -0.1) is 11.3 Å². The van der Waals surface area contributed by atoms with Crippen LogP contribution in [0.4, 0.5) is 5.82 Å². The summed E-state index contributed by atoms with van der Waals surface area (Å²) in [4.78, 5) is 23.8. The Labute approximate surface area is 164 Å². The summed E-state index contributed by atoms with van der Waals surface area (Å²) in [6, 6.07) is 8.01. The van der Waals surface area contributed by atoms with Gasteiger partial charge < -0.3 is 15.0 Å². The van der Waals surface area contributed by atoms with Crippen molar-refractivity contribution in [2.75, 3.05) is 31.2 Å². The van der Waals surface area contributed by atoms with Crippen LogP contribution in [-0.4, -0.2) is 52.9 Å². The Kier molecular flexibility index (Phi) is 4.38. The van der Waals surface area contributed by atoms with Gasteiger partial charge in [0.2, 0.25) is 6.41 Å². The fourth-order valence-electron chi connectivity index (χ4n) is 3.47. The molecule has 0 atom stereocenters. The smallest absolute Gasteiger partial charge is 0.207 e. The van der Waals surface area contributed by atoms with Crippen LogP contribution in [0.1, 0.15) is 4.88 Å². The lowest BCUT2D eigenvalue weighted by Crippen LogP contribution is -2.36. The van der Waals surface area contributed by atoms with E-state index < -0.39 is 0 Å². The number of ether oxygens (including phenoxy) is 1. The number of aromatic nitrogens is 4. The summed E-state index contributed by atoms with van der Waals surface area (Å²) in [5.41, 5.74) is 2.79. The van der Waals surface area contributed by atoms with E-state index in [9.17, 15) is 4.79 Å². The normalized spacial score (nSPS) is 14.6. The average molecular weight is 394 g/mol. The summed E-state index contributed by atoms with van der Waals surface area (Å²) < 4.78 is 6.55. The van der Waals surface area contributed by atoms with Gasteiger partial charge in [0.05, 0.1) is 41.7 Å². The number of aromatic amines is 1. The summed E-state index contributed by atoms with van der Waals surface area (Å²) in [6.07, 6.45) is 2.52. The molecule has 1 aliphatic rings. The van der Waals surface area contributed by atoms with Gasteiger partial charge in [-0.3, -0.25) is 9.89 Å². The maximum atomic E-state index is 10.7. The molecule has 0 saturated carbocycles. The number of morpholine rings is 1. The van der Waals surface area contributed by atoms with Crippen molar-refractivity contribution >= 4 is 44.7 Å². The topological polar surface area (TPSA) is 96.0 Å². The van der Waals surface area contributed by atoms with Crippen LogP contribution in [0.25, 0.3) is 32.5 Å². The Morgan fingerprint density at radius 3 is 3.04 bits per heavy atom. The zero-order valence-corrected chi connectivity index (χ0v) is 15.8. The number of rotatable bonds is 5. The second kappa shape index (κ2) is 7.17. The molecular weight excluding hydrogens is 376 g/mol. The number of fused-ring (bicyclic) bond motifs is 2. The number of carbonyl (C=O) groups excluding carboxylic acids is 1. The zero-order chi connectivity index (χ0) is 18.9. The van der Waals surface area contributed by atoms with Gasteiger partial charge in [-0.2, -0.15) is 5.10 Å². The number of anilines is 1. The summed E-state index contributed by atoms with van der Waals surface area (Å²) in [5.74, 6) is 1.60. The quantitative estimate of drug-likeness (QED) is 0.505. The molecule has 0 radical (unpaired) electrons. The third-order valence-corrected chi connectivity index (χ3v) is 5.92. The van der Waals surface area contributed by atoms with E-state index in [4.69, 9.17) is 14.7 Å². The highest BCUT2D eigenvalue weighted by Gasteiger charge is 2.21. The molecule has 0 unspecified atom stereocenters. The van der Waals surface area contributed by atoms with E-state index in [1.165, 1.54) is 0 Å². The van der Waals surface area contributed by atoms with E-state index in [0.717, 1.165) is 50.5 Å². The summed E-state index contributed by atoms with van der Waals surface area (Å²) in [7, 11) is 0. The molecule has 1 saturated heterocycles. The molecule has 4 heterocycles. The zero-order valence-electron chi connectivity index (χ0n) is 15.0. The third kappa shape index (κ3) is 2.98. The number of hydrogen-bond donors (Lipinski definition) is 2. The Balaban J connectivity index is 1.69. The Hall–Kier alpha value is -3.04. The average Bonchev–Trinajstić information content (AvgIpc) is 3.38. The van der Waals surface area contributed by atoms with E-state index >= 15 is 0 Å². The standard InChI is InChI=1S/C19H18N6O2S/c26-11-20-9-12-8-16-17(28-12)19(25-4-6-27-7-5-25)23-18(22-16)13-2-1-3-15-14(13)10-21-24-15/h1-3,8,10-11H,4-7,9H2,(H,20,26)(H,21,24). The lowest BCUT2D eigenvalue weighted by Gasteiger charge is -2.28. The molecule has 9 heteroatoms. The first kappa shape index (κ1) is 17.1. The monoisotopic (exact) mass is 394 g/mol. The SMILES string of the molecule is O=CNCc1cc2nc(-c3cccc4[nH]ncc34)nc(N3CCOCC3)c2s1. The highest BCUT2D eigenvalue weighted by molar-refractivity contribution is 7.19. The van der Waals surface area contributed by atoms with Crippen LogP contribution < -0.4 is 10.2 Å². The van der Waals surface area contributed by atoms with Crippen molar-refractivity contribution in [3.8, 4) is 11.4 Å². The van der Waals surface area contributed by atoms with Gasteiger partial charge in [-0.05, 0) is 12.1 Å². The third-order valence-electron chi connectivity index (χ3n) is 4.80. The lowest BCUT2D eigenvalue weighted by molar-refractivity contribution is -0.109. The van der Waals surface area contributed by atoms with Crippen molar-refractivity contribution in [2.45, 2.75) is 6.54 Å². The molecule has 0 bridgehead atoms. The molecule has 0 aliphatic carbocycles. The molecule has 2 N–H and O–H groups in total. The number of carbonyl (C=O) groups is 1. The number of amides is 1. The van der Waals surface area contributed by atoms with Gasteiger partial charge in [-0.1, -0.05) is 12.1 Å². The fraction of sp³-hybridized carbons (Fsp3) is 0.263. The first-order valence-corrected chi connectivity index (χ1v) is 9.88. The minimum Gasteiger partial charge on any atom is -0.378 e. The first-order chi connectivity index (χ1) is 13.8. The number of thiophene rings is 1. The largest absolute Gasteiger partial charge is 0.378 e. The van der Waals surface area contributed by atoms with Gasteiger partial charge in [0.25, 0.3) is 0 Å². The van der Waals surface area contributed by atoms with E-state index in [1.807, 2.05) is 24.3 Å². The Morgan fingerprint density at radius 2 is 2.18 bits per heavy atom. The first-order valence-electron chi connectivity index (χ1n) is 9.06. The molecule has 8 nitrogen and oxygen atoms in total. The highest BCUT2D eigenvalue weighted by Crippen LogP contribution is 2.35. The lowest BCUT2D eigenvalue weighted by atomic mass is 10.1. The van der Waals surface area contributed by atoms with Crippen molar-refractivity contribution in [3.63, 3.8) is 0 Å². The van der Waals surface area contributed by atoms with Crippen molar-refractivity contribution in [1.82, 2.24) is 25.5 Å². The number of nitrogens with zero attached hydrogens (tertiary/aromatic N) is 4. The second-order valence-electron chi connectivity index (χ2n) is 6.53. The van der Waals surface area contributed by atoms with Crippen molar-refractivity contribution < 1.29 is 9.53 Å². The van der Waals surface area contributed by atoms with E-state index in [1.54, 1.807) is 17.5 Å². The number of hydrogen-bond acceptors (Lipinski definition) is 7. The van der Waals surface area contributed by atoms with Gasteiger partial charge >= 0.3 is 0 Å². The minimum atomic E-state index is 0.486. The van der Waals surface area contributed by atoms with E-state index in [0.29, 0.717) is 32.0 Å². The molecule has 4 aromatic rings. The van der Waals surface area contributed by atoms with Crippen LogP contribution in [0.5, 0.6) is 0 Å². The van der Waals surface area contributed by atoms with Gasteiger partial charge in [-0.25, -0.2) is 9.97 Å². The van der Waals surface area contributed by atoms with Crippen molar-refractivity contribution in [3.05, 3.63) is 35.3 Å². The molecule has 28 heavy (non-hydrogen) atoms. The number of H-pyrrole nitrogens is 1. The molecule has 0 spiro atoms. The van der Waals surface area contributed by atoms with Gasteiger partial charge in [0.15, 0.2) is 11.6 Å².